The van der Waals surface area contributed by atoms with Gasteiger partial charge in [0.2, 0.25) is 0 Å². The van der Waals surface area contributed by atoms with Crippen LogP contribution >= 0.6 is 11.3 Å². The van der Waals surface area contributed by atoms with Gasteiger partial charge in [0.05, 0.1) is 17.3 Å². The van der Waals surface area contributed by atoms with E-state index >= 15 is 0 Å². The van der Waals surface area contributed by atoms with Gasteiger partial charge >= 0.3 is 12.0 Å². The molecule has 2 rings (SSSR count). The van der Waals surface area contributed by atoms with Crippen molar-refractivity contribution in [2.24, 2.45) is 0 Å². The molecule has 0 saturated carbocycles. The van der Waals surface area contributed by atoms with Crippen molar-refractivity contribution in [3.8, 4) is 5.75 Å². The standard InChI is InChI=1S/C13H15N3O4S/c1-7(11(17)18)16(2)13(19)15-12-14-9-5-4-8(20-3)6-10(9)21-12/h4-7H,1-3H3,(H,17,18)(H,14,15,19). The zero-order valence-electron chi connectivity index (χ0n) is 11.8. The van der Waals surface area contributed by atoms with E-state index in [2.05, 4.69) is 10.3 Å². The van der Waals surface area contributed by atoms with Crippen molar-refractivity contribution in [2.45, 2.75) is 13.0 Å². The minimum Gasteiger partial charge on any atom is -0.497 e. The van der Waals surface area contributed by atoms with Gasteiger partial charge in [0.1, 0.15) is 11.8 Å². The van der Waals surface area contributed by atoms with Crippen LogP contribution in [0.3, 0.4) is 0 Å². The van der Waals surface area contributed by atoms with Crippen LogP contribution in [0.4, 0.5) is 9.93 Å². The zero-order chi connectivity index (χ0) is 15.6. The Hall–Kier alpha value is -2.35. The number of rotatable bonds is 4. The number of aliphatic carboxylic acids is 1. The lowest BCUT2D eigenvalue weighted by Crippen LogP contribution is -2.42. The predicted octanol–water partition coefficient (Wildman–Crippen LogP) is 2.24. The zero-order valence-corrected chi connectivity index (χ0v) is 12.6. The molecule has 2 amide bonds. The summed E-state index contributed by atoms with van der Waals surface area (Å²) in [4.78, 5) is 28.2. The number of carbonyl (C=O) groups excluding carboxylic acids is 1. The highest BCUT2D eigenvalue weighted by atomic mass is 32.1. The maximum absolute atomic E-state index is 12.0. The molecule has 0 spiro atoms. The number of ether oxygens (including phenoxy) is 1. The summed E-state index contributed by atoms with van der Waals surface area (Å²) in [6.45, 7) is 1.44. The van der Waals surface area contributed by atoms with Crippen molar-refractivity contribution in [3.63, 3.8) is 0 Å². The highest BCUT2D eigenvalue weighted by molar-refractivity contribution is 7.22. The Bertz CT molecular complexity index is 685. The highest BCUT2D eigenvalue weighted by Crippen LogP contribution is 2.29. The summed E-state index contributed by atoms with van der Waals surface area (Å²) in [5.41, 5.74) is 0.741. The number of thiazole rings is 1. The molecule has 1 heterocycles. The number of likely N-dealkylation sites (N-methyl/N-ethyl adjacent to an activating group) is 1. The number of carboxylic acids is 1. The third-order valence-electron chi connectivity index (χ3n) is 3.07. The van der Waals surface area contributed by atoms with Crippen LogP contribution in [-0.4, -0.2) is 47.2 Å². The van der Waals surface area contributed by atoms with E-state index in [0.717, 1.165) is 15.1 Å². The molecule has 8 heteroatoms. The van der Waals surface area contributed by atoms with Crippen LogP contribution in [0.1, 0.15) is 6.92 Å². The Balaban J connectivity index is 2.16. The molecule has 0 fully saturated rings. The van der Waals surface area contributed by atoms with E-state index in [9.17, 15) is 9.59 Å². The van der Waals surface area contributed by atoms with Crippen LogP contribution < -0.4 is 10.1 Å². The number of anilines is 1. The van der Waals surface area contributed by atoms with Gasteiger partial charge in [-0.3, -0.25) is 5.32 Å². The second kappa shape index (κ2) is 5.96. The lowest BCUT2D eigenvalue weighted by molar-refractivity contribution is -0.141. The molecule has 1 unspecified atom stereocenters. The first-order valence-corrected chi connectivity index (χ1v) is 6.95. The highest BCUT2D eigenvalue weighted by Gasteiger charge is 2.22. The Labute approximate surface area is 125 Å². The quantitative estimate of drug-likeness (QED) is 0.903. The van der Waals surface area contributed by atoms with Gasteiger partial charge in [0.15, 0.2) is 5.13 Å². The van der Waals surface area contributed by atoms with Crippen molar-refractivity contribution in [1.29, 1.82) is 0 Å². The van der Waals surface area contributed by atoms with Crippen LogP contribution in [0.25, 0.3) is 10.2 Å². The first-order valence-electron chi connectivity index (χ1n) is 6.13. The summed E-state index contributed by atoms with van der Waals surface area (Å²) in [6.07, 6.45) is 0. The lowest BCUT2D eigenvalue weighted by Gasteiger charge is -2.20. The summed E-state index contributed by atoms with van der Waals surface area (Å²) in [5, 5.41) is 11.9. The van der Waals surface area contributed by atoms with E-state index in [4.69, 9.17) is 9.84 Å². The molecular formula is C13H15N3O4S. The van der Waals surface area contributed by atoms with Gasteiger partial charge in [0.25, 0.3) is 0 Å². The molecule has 0 aliphatic heterocycles. The fraction of sp³-hybridized carbons (Fsp3) is 0.308. The van der Waals surface area contributed by atoms with E-state index in [1.165, 1.54) is 25.3 Å². The van der Waals surface area contributed by atoms with E-state index in [-0.39, 0.29) is 0 Å². The fourth-order valence-electron chi connectivity index (χ4n) is 1.61. The first-order chi connectivity index (χ1) is 9.92. The van der Waals surface area contributed by atoms with Gasteiger partial charge in [-0.15, -0.1) is 0 Å². The van der Waals surface area contributed by atoms with Crippen LogP contribution in [0.15, 0.2) is 18.2 Å². The lowest BCUT2D eigenvalue weighted by atomic mass is 10.3. The summed E-state index contributed by atoms with van der Waals surface area (Å²) >= 11 is 1.30. The summed E-state index contributed by atoms with van der Waals surface area (Å²) in [5.74, 6) is -0.359. The number of fused-ring (bicyclic) bond motifs is 1. The summed E-state index contributed by atoms with van der Waals surface area (Å²) < 4.78 is 6.00. The summed E-state index contributed by atoms with van der Waals surface area (Å²) in [7, 11) is 3.00. The topological polar surface area (TPSA) is 91.8 Å². The minimum atomic E-state index is -1.07. The summed E-state index contributed by atoms with van der Waals surface area (Å²) in [6, 6.07) is 3.97. The maximum Gasteiger partial charge on any atom is 0.326 e. The Morgan fingerprint density at radius 1 is 1.48 bits per heavy atom. The molecule has 0 saturated heterocycles. The number of hydrogen-bond donors (Lipinski definition) is 2. The average molecular weight is 309 g/mol. The third-order valence-corrected chi connectivity index (χ3v) is 4.00. The monoisotopic (exact) mass is 309 g/mol. The van der Waals surface area contributed by atoms with Crippen LogP contribution in [0, 0.1) is 0 Å². The van der Waals surface area contributed by atoms with E-state index in [1.807, 2.05) is 6.07 Å². The van der Waals surface area contributed by atoms with Crippen LogP contribution in [-0.2, 0) is 4.79 Å². The predicted molar refractivity (Wildman–Crippen MR) is 80.1 cm³/mol. The molecule has 1 aromatic carbocycles. The Morgan fingerprint density at radius 2 is 2.19 bits per heavy atom. The SMILES string of the molecule is COc1ccc2nc(NC(=O)N(C)C(C)C(=O)O)sc2c1. The molecule has 21 heavy (non-hydrogen) atoms. The number of amides is 2. The number of carbonyl (C=O) groups is 2. The number of aromatic nitrogens is 1. The van der Waals surface area contributed by atoms with Crippen molar-refractivity contribution in [1.82, 2.24) is 9.88 Å². The number of methoxy groups -OCH3 is 1. The van der Waals surface area contributed by atoms with Gasteiger partial charge in [0, 0.05) is 7.05 Å². The smallest absolute Gasteiger partial charge is 0.326 e. The molecule has 0 bridgehead atoms. The largest absolute Gasteiger partial charge is 0.497 e. The molecule has 7 nitrogen and oxygen atoms in total. The van der Waals surface area contributed by atoms with Crippen LogP contribution in [0.5, 0.6) is 5.75 Å². The average Bonchev–Trinajstić information content (AvgIpc) is 2.86. The first kappa shape index (κ1) is 15.0. The number of benzene rings is 1. The van der Waals surface area contributed by atoms with Crippen molar-refractivity contribution in [2.75, 3.05) is 19.5 Å². The van der Waals surface area contributed by atoms with E-state index in [1.54, 1.807) is 19.2 Å². The Morgan fingerprint density at radius 3 is 2.81 bits per heavy atom. The van der Waals surface area contributed by atoms with Gasteiger partial charge in [-0.05, 0) is 25.1 Å². The molecule has 1 aromatic heterocycles. The van der Waals surface area contributed by atoms with Crippen molar-refractivity contribution >= 4 is 38.7 Å². The van der Waals surface area contributed by atoms with Gasteiger partial charge in [-0.1, -0.05) is 11.3 Å². The second-order valence-electron chi connectivity index (χ2n) is 4.41. The van der Waals surface area contributed by atoms with Gasteiger partial charge in [-0.2, -0.15) is 0 Å². The number of carboxylic acid groups (broad SMARTS) is 1. The normalized spacial score (nSPS) is 12.0. The van der Waals surface area contributed by atoms with Crippen molar-refractivity contribution in [3.05, 3.63) is 18.2 Å². The molecule has 0 aliphatic carbocycles. The molecular weight excluding hydrogens is 294 g/mol. The maximum atomic E-state index is 12.0. The fourth-order valence-corrected chi connectivity index (χ4v) is 2.49. The number of nitrogens with one attached hydrogen (secondary N) is 1. The molecule has 1 atom stereocenters. The van der Waals surface area contributed by atoms with E-state index in [0.29, 0.717) is 10.9 Å². The van der Waals surface area contributed by atoms with Crippen LogP contribution in [0.2, 0.25) is 0 Å². The molecule has 112 valence electrons. The number of nitrogens with zero attached hydrogens (tertiary/aromatic N) is 2. The third kappa shape index (κ3) is 3.22. The molecule has 0 aliphatic rings. The van der Waals surface area contributed by atoms with Crippen molar-refractivity contribution < 1.29 is 19.4 Å². The molecule has 2 aromatic rings. The Kier molecular flexibility index (Phi) is 4.27. The second-order valence-corrected chi connectivity index (χ2v) is 5.44. The van der Waals surface area contributed by atoms with Gasteiger partial charge in [-0.25, -0.2) is 14.6 Å². The van der Waals surface area contributed by atoms with Gasteiger partial charge < -0.3 is 14.7 Å². The number of urea groups is 1. The molecule has 0 radical (unpaired) electrons. The minimum absolute atomic E-state index is 0.410. The molecule has 2 N–H and O–H groups in total. The van der Waals surface area contributed by atoms with E-state index < -0.39 is 18.0 Å². The number of hydrogen-bond acceptors (Lipinski definition) is 5.